The number of benzene rings is 1. The van der Waals surface area contributed by atoms with Gasteiger partial charge in [0.1, 0.15) is 0 Å². The van der Waals surface area contributed by atoms with E-state index in [1.807, 2.05) is 0 Å². The predicted molar refractivity (Wildman–Crippen MR) is 71.2 cm³/mol. The standard InChI is InChI=1S/C14H12F3NOS/c1-7-6-10(14(15,16)17)4-5-11(7)12(19)13-8(2)18-9(3)20-13/h4-6H,1-3H3. The van der Waals surface area contributed by atoms with Crippen LogP contribution in [0.4, 0.5) is 13.2 Å². The highest BCUT2D eigenvalue weighted by Crippen LogP contribution is 2.31. The van der Waals surface area contributed by atoms with Gasteiger partial charge in [0.2, 0.25) is 5.78 Å². The summed E-state index contributed by atoms with van der Waals surface area (Å²) in [6, 6.07) is 3.16. The highest BCUT2D eigenvalue weighted by atomic mass is 32.1. The fourth-order valence-corrected chi connectivity index (χ4v) is 2.83. The molecule has 106 valence electrons. The lowest BCUT2D eigenvalue weighted by Crippen LogP contribution is -2.08. The molecule has 0 spiro atoms. The summed E-state index contributed by atoms with van der Waals surface area (Å²) < 4.78 is 37.8. The smallest absolute Gasteiger partial charge is 0.288 e. The van der Waals surface area contributed by atoms with Crippen molar-refractivity contribution < 1.29 is 18.0 Å². The molecule has 0 aliphatic heterocycles. The first kappa shape index (κ1) is 14.7. The fourth-order valence-electron chi connectivity index (χ4n) is 1.96. The number of aryl methyl sites for hydroxylation is 3. The van der Waals surface area contributed by atoms with Crippen LogP contribution in [-0.2, 0) is 6.18 Å². The third-order valence-corrected chi connectivity index (χ3v) is 3.98. The van der Waals surface area contributed by atoms with E-state index in [0.29, 0.717) is 16.1 Å². The largest absolute Gasteiger partial charge is 0.416 e. The molecule has 0 saturated heterocycles. The van der Waals surface area contributed by atoms with Crippen molar-refractivity contribution in [1.29, 1.82) is 0 Å². The van der Waals surface area contributed by atoms with Crippen molar-refractivity contribution in [2.75, 3.05) is 0 Å². The highest BCUT2D eigenvalue weighted by molar-refractivity contribution is 7.14. The Kier molecular flexibility index (Phi) is 3.69. The quantitative estimate of drug-likeness (QED) is 0.773. The Morgan fingerprint density at radius 1 is 1.20 bits per heavy atom. The van der Waals surface area contributed by atoms with Crippen LogP contribution < -0.4 is 0 Å². The molecule has 1 aromatic heterocycles. The van der Waals surface area contributed by atoms with E-state index in [4.69, 9.17) is 0 Å². The zero-order valence-corrected chi connectivity index (χ0v) is 11.9. The van der Waals surface area contributed by atoms with Gasteiger partial charge < -0.3 is 0 Å². The molecule has 0 unspecified atom stereocenters. The molecule has 0 aliphatic rings. The number of ketones is 1. The van der Waals surface area contributed by atoms with E-state index in [2.05, 4.69) is 4.98 Å². The number of thiazole rings is 1. The number of alkyl halides is 3. The van der Waals surface area contributed by atoms with Gasteiger partial charge >= 0.3 is 6.18 Å². The predicted octanol–water partition coefficient (Wildman–Crippen LogP) is 4.32. The maximum absolute atomic E-state index is 12.6. The first-order chi connectivity index (χ1) is 9.20. The normalized spacial score (nSPS) is 11.7. The maximum atomic E-state index is 12.6. The van der Waals surface area contributed by atoms with Gasteiger partial charge in [0, 0.05) is 5.56 Å². The lowest BCUT2D eigenvalue weighted by Gasteiger charge is -2.10. The Labute approximate surface area is 118 Å². The minimum atomic E-state index is -4.40. The third kappa shape index (κ3) is 2.75. The molecule has 1 heterocycles. The van der Waals surface area contributed by atoms with E-state index in [9.17, 15) is 18.0 Å². The SMILES string of the molecule is Cc1nc(C)c(C(=O)c2ccc(C(F)(F)F)cc2C)s1. The summed E-state index contributed by atoms with van der Waals surface area (Å²) in [6.45, 7) is 5.01. The number of carbonyl (C=O) groups is 1. The number of halogens is 3. The van der Waals surface area contributed by atoms with Gasteiger partial charge in [-0.25, -0.2) is 4.98 Å². The first-order valence-corrected chi connectivity index (χ1v) is 6.68. The molecule has 2 rings (SSSR count). The molecule has 0 bridgehead atoms. The van der Waals surface area contributed by atoms with Crippen LogP contribution in [0.1, 0.15) is 37.1 Å². The van der Waals surface area contributed by atoms with Gasteiger partial charge in [-0.05, 0) is 38.5 Å². The van der Waals surface area contributed by atoms with Gasteiger partial charge in [-0.2, -0.15) is 13.2 Å². The fraction of sp³-hybridized carbons (Fsp3) is 0.286. The molecule has 20 heavy (non-hydrogen) atoms. The molecule has 0 saturated carbocycles. The Morgan fingerprint density at radius 3 is 2.30 bits per heavy atom. The zero-order chi connectivity index (χ0) is 15.1. The second kappa shape index (κ2) is 5.01. The van der Waals surface area contributed by atoms with Crippen LogP contribution in [0.25, 0.3) is 0 Å². The molecule has 0 fully saturated rings. The van der Waals surface area contributed by atoms with Crippen LogP contribution in [0.2, 0.25) is 0 Å². The summed E-state index contributed by atoms with van der Waals surface area (Å²) in [5.41, 5.74) is 0.459. The van der Waals surface area contributed by atoms with Crippen LogP contribution in [-0.4, -0.2) is 10.8 Å². The van der Waals surface area contributed by atoms with Crippen LogP contribution in [0.15, 0.2) is 18.2 Å². The molecular weight excluding hydrogens is 287 g/mol. The summed E-state index contributed by atoms with van der Waals surface area (Å²) >= 11 is 1.25. The van der Waals surface area contributed by atoms with Gasteiger partial charge in [0.15, 0.2) is 0 Å². The van der Waals surface area contributed by atoms with Gasteiger partial charge in [-0.1, -0.05) is 6.07 Å². The van der Waals surface area contributed by atoms with Crippen molar-refractivity contribution in [3.63, 3.8) is 0 Å². The molecule has 2 aromatic rings. The van der Waals surface area contributed by atoms with Gasteiger partial charge in [0.05, 0.1) is 21.1 Å². The number of hydrogen-bond donors (Lipinski definition) is 0. The van der Waals surface area contributed by atoms with Crippen molar-refractivity contribution in [3.8, 4) is 0 Å². The van der Waals surface area contributed by atoms with Gasteiger partial charge in [-0.15, -0.1) is 11.3 Å². The average Bonchev–Trinajstić information content (AvgIpc) is 2.66. The molecule has 0 aliphatic carbocycles. The number of hydrogen-bond acceptors (Lipinski definition) is 3. The van der Waals surface area contributed by atoms with Crippen LogP contribution in [0.3, 0.4) is 0 Å². The molecule has 0 atom stereocenters. The molecular formula is C14H12F3NOS. The highest BCUT2D eigenvalue weighted by Gasteiger charge is 2.31. The van der Waals surface area contributed by atoms with Crippen molar-refractivity contribution >= 4 is 17.1 Å². The molecule has 0 radical (unpaired) electrons. The summed E-state index contributed by atoms with van der Waals surface area (Å²) in [6.07, 6.45) is -4.40. The minimum absolute atomic E-state index is 0.278. The lowest BCUT2D eigenvalue weighted by molar-refractivity contribution is -0.137. The summed E-state index contributed by atoms with van der Waals surface area (Å²) in [5, 5.41) is 0.760. The Hall–Kier alpha value is -1.69. The van der Waals surface area contributed by atoms with E-state index in [1.165, 1.54) is 24.3 Å². The Morgan fingerprint density at radius 2 is 1.85 bits per heavy atom. The van der Waals surface area contributed by atoms with E-state index in [1.54, 1.807) is 13.8 Å². The minimum Gasteiger partial charge on any atom is -0.288 e. The summed E-state index contributed by atoms with van der Waals surface area (Å²) in [7, 11) is 0. The lowest BCUT2D eigenvalue weighted by atomic mass is 10.0. The maximum Gasteiger partial charge on any atom is 0.416 e. The average molecular weight is 299 g/mol. The number of aromatic nitrogens is 1. The monoisotopic (exact) mass is 299 g/mol. The molecule has 0 amide bonds. The summed E-state index contributed by atoms with van der Waals surface area (Å²) in [4.78, 5) is 17.0. The molecule has 1 aromatic carbocycles. The van der Waals surface area contributed by atoms with Crippen molar-refractivity contribution in [3.05, 3.63) is 50.5 Å². The zero-order valence-electron chi connectivity index (χ0n) is 11.1. The van der Waals surface area contributed by atoms with Crippen molar-refractivity contribution in [2.24, 2.45) is 0 Å². The Bertz CT molecular complexity index is 674. The van der Waals surface area contributed by atoms with E-state index in [-0.39, 0.29) is 11.3 Å². The summed E-state index contributed by atoms with van der Waals surface area (Å²) in [5.74, 6) is -0.278. The molecule has 2 nitrogen and oxygen atoms in total. The van der Waals surface area contributed by atoms with Crippen molar-refractivity contribution in [2.45, 2.75) is 26.9 Å². The van der Waals surface area contributed by atoms with Crippen molar-refractivity contribution in [1.82, 2.24) is 4.98 Å². The number of rotatable bonds is 2. The van der Waals surface area contributed by atoms with Gasteiger partial charge in [-0.3, -0.25) is 4.79 Å². The van der Waals surface area contributed by atoms with E-state index >= 15 is 0 Å². The van der Waals surface area contributed by atoms with Crippen LogP contribution in [0.5, 0.6) is 0 Å². The van der Waals surface area contributed by atoms with Crippen LogP contribution in [0, 0.1) is 20.8 Å². The third-order valence-electron chi connectivity index (χ3n) is 2.91. The van der Waals surface area contributed by atoms with Gasteiger partial charge in [0.25, 0.3) is 0 Å². The molecule has 6 heteroatoms. The number of nitrogens with zero attached hydrogens (tertiary/aromatic N) is 1. The Balaban J connectivity index is 2.44. The topological polar surface area (TPSA) is 30.0 Å². The second-order valence-electron chi connectivity index (χ2n) is 4.50. The number of carbonyl (C=O) groups excluding carboxylic acids is 1. The van der Waals surface area contributed by atoms with E-state index < -0.39 is 11.7 Å². The second-order valence-corrected chi connectivity index (χ2v) is 5.71. The molecule has 0 N–H and O–H groups in total. The first-order valence-electron chi connectivity index (χ1n) is 5.86. The van der Waals surface area contributed by atoms with Crippen LogP contribution >= 0.6 is 11.3 Å². The van der Waals surface area contributed by atoms with E-state index in [0.717, 1.165) is 17.1 Å².